The summed E-state index contributed by atoms with van der Waals surface area (Å²) in [5.41, 5.74) is 0.339. The first kappa shape index (κ1) is 10.2. The summed E-state index contributed by atoms with van der Waals surface area (Å²) < 4.78 is 0. The first-order valence-corrected chi connectivity index (χ1v) is 4.27. The minimum absolute atomic E-state index is 0.154. The Kier molecular flexibility index (Phi) is 3.07. The molecule has 0 aliphatic rings. The smallest absolute Gasteiger partial charge is 0.162 e. The quantitative estimate of drug-likeness (QED) is 0.563. The Morgan fingerprint density at radius 2 is 1.85 bits per heavy atom. The third-order valence-electron chi connectivity index (χ3n) is 1.61. The van der Waals surface area contributed by atoms with Gasteiger partial charge in [-0.25, -0.2) is 0 Å². The predicted octanol–water partition coefficient (Wildman–Crippen LogP) is 3.01. The first-order chi connectivity index (χ1) is 6.07. The van der Waals surface area contributed by atoms with Crippen molar-refractivity contribution < 1.29 is 9.59 Å². The maximum Gasteiger partial charge on any atom is 0.162 e. The highest BCUT2D eigenvalue weighted by atomic mass is 35.5. The molecule has 1 aromatic carbocycles. The van der Waals surface area contributed by atoms with Crippen LogP contribution in [0.3, 0.4) is 0 Å². The van der Waals surface area contributed by atoms with E-state index in [-0.39, 0.29) is 27.0 Å². The number of hydrogen-bond donors (Lipinski definition) is 0. The second-order valence-electron chi connectivity index (χ2n) is 2.49. The summed E-state index contributed by atoms with van der Waals surface area (Å²) in [5, 5.41) is 0.489. The van der Waals surface area contributed by atoms with E-state index >= 15 is 0 Å². The molecule has 0 amide bonds. The van der Waals surface area contributed by atoms with Gasteiger partial charge in [0, 0.05) is 11.1 Å². The molecule has 1 rings (SSSR count). The van der Waals surface area contributed by atoms with Gasteiger partial charge in [-0.3, -0.25) is 9.59 Å². The zero-order chi connectivity index (χ0) is 10.0. The van der Waals surface area contributed by atoms with E-state index < -0.39 is 0 Å². The molecule has 2 nitrogen and oxygen atoms in total. The largest absolute Gasteiger partial charge is 0.298 e. The molecule has 0 bridgehead atoms. The Bertz CT molecular complexity index is 372. The fourth-order valence-corrected chi connectivity index (χ4v) is 1.54. The van der Waals surface area contributed by atoms with Crippen LogP contribution in [0.5, 0.6) is 0 Å². The molecule has 0 radical (unpaired) electrons. The molecule has 0 aromatic heterocycles. The molecular formula is C9H6Cl2O2. The highest BCUT2D eigenvalue weighted by Crippen LogP contribution is 2.25. The van der Waals surface area contributed by atoms with Crippen LogP contribution in [0.15, 0.2) is 12.1 Å². The second-order valence-corrected chi connectivity index (χ2v) is 3.31. The van der Waals surface area contributed by atoms with Gasteiger partial charge >= 0.3 is 0 Å². The van der Waals surface area contributed by atoms with Gasteiger partial charge in [0.05, 0.1) is 10.0 Å². The third kappa shape index (κ3) is 1.90. The molecule has 0 atom stereocenters. The lowest BCUT2D eigenvalue weighted by atomic mass is 10.1. The SMILES string of the molecule is CC(=O)c1c(Cl)ccc(Cl)c1C=O. The number of aldehydes is 1. The lowest BCUT2D eigenvalue weighted by Crippen LogP contribution is -2.00. The molecule has 0 fully saturated rings. The first-order valence-electron chi connectivity index (χ1n) is 3.52. The molecule has 0 spiro atoms. The zero-order valence-corrected chi connectivity index (χ0v) is 8.32. The molecule has 0 unspecified atom stereocenters. The maximum atomic E-state index is 11.1. The second kappa shape index (κ2) is 3.90. The van der Waals surface area contributed by atoms with Crippen molar-refractivity contribution in [3.05, 3.63) is 33.3 Å². The van der Waals surface area contributed by atoms with Crippen molar-refractivity contribution in [3.8, 4) is 0 Å². The zero-order valence-electron chi connectivity index (χ0n) is 6.80. The van der Waals surface area contributed by atoms with Crippen LogP contribution in [-0.2, 0) is 0 Å². The Hall–Kier alpha value is -0.860. The maximum absolute atomic E-state index is 11.1. The molecule has 0 N–H and O–H groups in total. The van der Waals surface area contributed by atoms with Crippen molar-refractivity contribution in [1.29, 1.82) is 0 Å². The fourth-order valence-electron chi connectivity index (χ4n) is 1.04. The van der Waals surface area contributed by atoms with E-state index in [1.54, 1.807) is 0 Å². The molecule has 0 saturated heterocycles. The molecule has 0 saturated carbocycles. The van der Waals surface area contributed by atoms with E-state index in [0.717, 1.165) is 0 Å². The van der Waals surface area contributed by atoms with Gasteiger partial charge in [-0.2, -0.15) is 0 Å². The van der Waals surface area contributed by atoms with E-state index in [9.17, 15) is 9.59 Å². The summed E-state index contributed by atoms with van der Waals surface area (Å²) in [6.45, 7) is 1.34. The monoisotopic (exact) mass is 216 g/mol. The molecule has 0 aliphatic heterocycles. The average Bonchev–Trinajstić information content (AvgIpc) is 2.07. The summed E-state index contributed by atoms with van der Waals surface area (Å²) in [6, 6.07) is 2.98. The van der Waals surface area contributed by atoms with Crippen molar-refractivity contribution in [2.24, 2.45) is 0 Å². The van der Waals surface area contributed by atoms with Gasteiger partial charge in [0.15, 0.2) is 12.1 Å². The van der Waals surface area contributed by atoms with E-state index in [1.807, 2.05) is 0 Å². The lowest BCUT2D eigenvalue weighted by molar-refractivity contribution is 0.101. The van der Waals surface area contributed by atoms with Crippen molar-refractivity contribution in [2.45, 2.75) is 6.92 Å². The lowest BCUT2D eigenvalue weighted by Gasteiger charge is -2.04. The average molecular weight is 217 g/mol. The van der Waals surface area contributed by atoms with Crippen molar-refractivity contribution in [2.75, 3.05) is 0 Å². The van der Waals surface area contributed by atoms with Crippen LogP contribution in [0.25, 0.3) is 0 Å². The molecule has 0 heterocycles. The predicted molar refractivity (Wildman–Crippen MR) is 51.9 cm³/mol. The number of benzene rings is 1. The number of carbonyl (C=O) groups is 2. The molecule has 1 aromatic rings. The molecule has 0 aliphatic carbocycles. The topological polar surface area (TPSA) is 34.1 Å². The molecule has 68 valence electrons. The fraction of sp³-hybridized carbons (Fsp3) is 0.111. The number of rotatable bonds is 2. The standard InChI is InChI=1S/C9H6Cl2O2/c1-5(13)9-6(4-12)7(10)2-3-8(9)11/h2-4H,1H3. The Morgan fingerprint density at radius 1 is 1.31 bits per heavy atom. The summed E-state index contributed by atoms with van der Waals surface area (Å²) in [5.74, 6) is -0.269. The van der Waals surface area contributed by atoms with Crippen molar-refractivity contribution in [1.82, 2.24) is 0 Å². The van der Waals surface area contributed by atoms with E-state index in [4.69, 9.17) is 23.2 Å². The van der Waals surface area contributed by atoms with Crippen LogP contribution in [-0.4, -0.2) is 12.1 Å². The minimum Gasteiger partial charge on any atom is -0.298 e. The van der Waals surface area contributed by atoms with Crippen LogP contribution >= 0.6 is 23.2 Å². The number of Topliss-reactive ketones (excluding diaryl/α,β-unsaturated/α-hetero) is 1. The summed E-state index contributed by atoms with van der Waals surface area (Å²) in [7, 11) is 0. The van der Waals surface area contributed by atoms with E-state index in [1.165, 1.54) is 19.1 Å². The van der Waals surface area contributed by atoms with Gasteiger partial charge in [0.25, 0.3) is 0 Å². The minimum atomic E-state index is -0.269. The number of ketones is 1. The molecular weight excluding hydrogens is 211 g/mol. The molecule has 4 heteroatoms. The summed E-state index contributed by atoms with van der Waals surface area (Å²) in [4.78, 5) is 21.7. The number of halogens is 2. The van der Waals surface area contributed by atoms with Crippen LogP contribution < -0.4 is 0 Å². The van der Waals surface area contributed by atoms with Crippen LogP contribution in [0.2, 0.25) is 10.0 Å². The van der Waals surface area contributed by atoms with E-state index in [0.29, 0.717) is 6.29 Å². The van der Waals surface area contributed by atoms with Gasteiger partial charge in [-0.05, 0) is 19.1 Å². The Balaban J connectivity index is 3.52. The summed E-state index contributed by atoms with van der Waals surface area (Å²) >= 11 is 11.4. The Morgan fingerprint density at radius 3 is 2.23 bits per heavy atom. The Labute approximate surface area is 85.5 Å². The van der Waals surface area contributed by atoms with Crippen LogP contribution in [0.4, 0.5) is 0 Å². The number of hydrogen-bond acceptors (Lipinski definition) is 2. The van der Waals surface area contributed by atoms with Gasteiger partial charge in [0.2, 0.25) is 0 Å². The normalized spacial score (nSPS) is 9.77. The van der Waals surface area contributed by atoms with Gasteiger partial charge in [-0.15, -0.1) is 0 Å². The van der Waals surface area contributed by atoms with Gasteiger partial charge in [0.1, 0.15) is 0 Å². The summed E-state index contributed by atoms with van der Waals surface area (Å²) in [6.07, 6.45) is 0.533. The highest BCUT2D eigenvalue weighted by Gasteiger charge is 2.14. The van der Waals surface area contributed by atoms with Crippen LogP contribution in [0, 0.1) is 0 Å². The highest BCUT2D eigenvalue weighted by molar-refractivity contribution is 6.38. The third-order valence-corrected chi connectivity index (χ3v) is 2.26. The van der Waals surface area contributed by atoms with Crippen LogP contribution in [0.1, 0.15) is 27.6 Å². The van der Waals surface area contributed by atoms with Crippen molar-refractivity contribution >= 4 is 35.3 Å². The van der Waals surface area contributed by atoms with Gasteiger partial charge in [-0.1, -0.05) is 23.2 Å². The van der Waals surface area contributed by atoms with Gasteiger partial charge < -0.3 is 0 Å². The van der Waals surface area contributed by atoms with Crippen molar-refractivity contribution in [3.63, 3.8) is 0 Å². The van der Waals surface area contributed by atoms with E-state index in [2.05, 4.69) is 0 Å². The number of carbonyl (C=O) groups excluding carboxylic acids is 2. The molecule has 13 heavy (non-hydrogen) atoms.